The predicted molar refractivity (Wildman–Crippen MR) is 120 cm³/mol. The van der Waals surface area contributed by atoms with Gasteiger partial charge >= 0.3 is 0 Å². The number of carbonyl (C=O) groups is 1. The zero-order valence-electron chi connectivity index (χ0n) is 17.0. The van der Waals surface area contributed by atoms with Gasteiger partial charge in [0.2, 0.25) is 10.1 Å². The normalized spacial score (nSPS) is 11.0. The van der Waals surface area contributed by atoms with E-state index in [1.165, 1.54) is 15.9 Å². The Kier molecular flexibility index (Phi) is 6.10. The molecule has 2 N–H and O–H groups in total. The van der Waals surface area contributed by atoms with Crippen molar-refractivity contribution in [3.8, 4) is 5.75 Å². The third kappa shape index (κ3) is 4.35. The molecule has 0 fully saturated rings. The standard InChI is InChI=1S/C21H21N5O4S/c1-29-11-5-10-22-18(27)13-8-9-14-16(12-13)24-21-26(19(14)28)25-20(31-21)23-15-6-3-4-7-17(15)30-2/h3-4,6-9,12H,5,10-11H2,1-2H3,(H,22,27)(H,23,25). The van der Waals surface area contributed by atoms with Crippen molar-refractivity contribution in [1.29, 1.82) is 0 Å². The third-order valence-corrected chi connectivity index (χ3v) is 5.44. The van der Waals surface area contributed by atoms with E-state index < -0.39 is 0 Å². The molecule has 1 amide bonds. The lowest BCUT2D eigenvalue weighted by Gasteiger charge is -2.07. The van der Waals surface area contributed by atoms with Gasteiger partial charge in [-0.05, 0) is 36.8 Å². The fourth-order valence-corrected chi connectivity index (χ4v) is 3.89. The highest BCUT2D eigenvalue weighted by molar-refractivity contribution is 7.20. The molecule has 0 aliphatic rings. The van der Waals surface area contributed by atoms with E-state index in [1.54, 1.807) is 32.4 Å². The number of aromatic nitrogens is 3. The molecule has 2 aromatic heterocycles. The van der Waals surface area contributed by atoms with Crippen molar-refractivity contribution in [1.82, 2.24) is 19.9 Å². The number of benzene rings is 2. The number of para-hydroxylation sites is 2. The molecule has 4 rings (SSSR count). The van der Waals surface area contributed by atoms with Gasteiger partial charge in [0.05, 0.1) is 23.7 Å². The van der Waals surface area contributed by atoms with E-state index >= 15 is 0 Å². The molecule has 0 aliphatic carbocycles. The minimum absolute atomic E-state index is 0.220. The molecular weight excluding hydrogens is 418 g/mol. The van der Waals surface area contributed by atoms with Gasteiger partial charge in [-0.3, -0.25) is 9.59 Å². The van der Waals surface area contributed by atoms with Crippen molar-refractivity contribution in [3.05, 3.63) is 58.4 Å². The first-order valence-corrected chi connectivity index (χ1v) is 10.4. The van der Waals surface area contributed by atoms with E-state index in [4.69, 9.17) is 9.47 Å². The Morgan fingerprint density at radius 2 is 2.03 bits per heavy atom. The van der Waals surface area contributed by atoms with Crippen LogP contribution in [0.25, 0.3) is 15.9 Å². The van der Waals surface area contributed by atoms with Crippen LogP contribution in [0.4, 0.5) is 10.8 Å². The number of nitrogens with zero attached hydrogens (tertiary/aromatic N) is 3. The van der Waals surface area contributed by atoms with Gasteiger partial charge < -0.3 is 20.1 Å². The molecule has 10 heteroatoms. The third-order valence-electron chi connectivity index (χ3n) is 4.62. The van der Waals surface area contributed by atoms with Crippen LogP contribution in [0.5, 0.6) is 5.75 Å². The first-order valence-electron chi connectivity index (χ1n) is 9.61. The highest BCUT2D eigenvalue weighted by Crippen LogP contribution is 2.29. The molecule has 2 aromatic carbocycles. The maximum absolute atomic E-state index is 12.9. The van der Waals surface area contributed by atoms with Gasteiger partial charge in [-0.15, -0.1) is 5.10 Å². The van der Waals surface area contributed by atoms with E-state index in [9.17, 15) is 9.59 Å². The van der Waals surface area contributed by atoms with Crippen LogP contribution in [-0.2, 0) is 4.74 Å². The van der Waals surface area contributed by atoms with Crippen LogP contribution in [0.2, 0.25) is 0 Å². The van der Waals surface area contributed by atoms with Crippen molar-refractivity contribution >= 4 is 43.9 Å². The molecule has 160 valence electrons. The number of carbonyl (C=O) groups excluding carboxylic acids is 1. The number of amides is 1. The summed E-state index contributed by atoms with van der Waals surface area (Å²) in [5.74, 6) is 0.441. The molecule has 2 heterocycles. The summed E-state index contributed by atoms with van der Waals surface area (Å²) in [4.78, 5) is 30.2. The summed E-state index contributed by atoms with van der Waals surface area (Å²) in [7, 11) is 3.20. The highest BCUT2D eigenvalue weighted by atomic mass is 32.1. The average molecular weight is 439 g/mol. The van der Waals surface area contributed by atoms with Crippen LogP contribution in [0, 0.1) is 0 Å². The van der Waals surface area contributed by atoms with Gasteiger partial charge in [0.1, 0.15) is 5.75 Å². The summed E-state index contributed by atoms with van der Waals surface area (Å²) >= 11 is 1.23. The van der Waals surface area contributed by atoms with Crippen molar-refractivity contribution in [2.75, 3.05) is 32.7 Å². The number of rotatable bonds is 8. The van der Waals surface area contributed by atoms with Crippen molar-refractivity contribution in [2.45, 2.75) is 6.42 Å². The van der Waals surface area contributed by atoms with E-state index in [0.29, 0.717) is 45.5 Å². The van der Waals surface area contributed by atoms with Crippen LogP contribution in [0.1, 0.15) is 16.8 Å². The molecule has 9 nitrogen and oxygen atoms in total. The van der Waals surface area contributed by atoms with Gasteiger partial charge in [0, 0.05) is 25.8 Å². The van der Waals surface area contributed by atoms with E-state index in [1.807, 2.05) is 24.3 Å². The summed E-state index contributed by atoms with van der Waals surface area (Å²) < 4.78 is 11.6. The molecule has 31 heavy (non-hydrogen) atoms. The monoisotopic (exact) mass is 439 g/mol. The number of fused-ring (bicyclic) bond motifs is 2. The van der Waals surface area contributed by atoms with Gasteiger partial charge in [-0.1, -0.05) is 23.5 Å². The number of nitrogens with one attached hydrogen (secondary N) is 2. The van der Waals surface area contributed by atoms with Crippen LogP contribution in [-0.4, -0.2) is 47.9 Å². The summed E-state index contributed by atoms with van der Waals surface area (Å²) in [6, 6.07) is 12.3. The Labute approximate surface area is 181 Å². The summed E-state index contributed by atoms with van der Waals surface area (Å²) in [6.07, 6.45) is 0.721. The zero-order valence-corrected chi connectivity index (χ0v) is 17.9. The molecule has 0 saturated carbocycles. The van der Waals surface area contributed by atoms with Gasteiger partial charge in [-0.2, -0.15) is 4.52 Å². The molecule has 4 aromatic rings. The lowest BCUT2D eigenvalue weighted by molar-refractivity contribution is 0.0948. The minimum Gasteiger partial charge on any atom is -0.495 e. The number of hydrogen-bond donors (Lipinski definition) is 2. The fourth-order valence-electron chi connectivity index (χ4n) is 3.08. The lowest BCUT2D eigenvalue weighted by Crippen LogP contribution is -2.25. The number of methoxy groups -OCH3 is 2. The summed E-state index contributed by atoms with van der Waals surface area (Å²) in [5.41, 5.74) is 1.32. The van der Waals surface area contributed by atoms with Crippen molar-refractivity contribution in [3.63, 3.8) is 0 Å². The summed E-state index contributed by atoms with van der Waals surface area (Å²) in [5, 5.41) is 11.2. The quantitative estimate of drug-likeness (QED) is 0.407. The fraction of sp³-hybridized carbons (Fsp3) is 0.238. The second-order valence-electron chi connectivity index (χ2n) is 6.68. The topological polar surface area (TPSA) is 107 Å². The average Bonchev–Trinajstić information content (AvgIpc) is 3.19. The minimum atomic E-state index is -0.295. The number of ether oxygens (including phenoxy) is 2. The maximum atomic E-state index is 12.9. The smallest absolute Gasteiger partial charge is 0.283 e. The Balaban J connectivity index is 1.64. The van der Waals surface area contributed by atoms with Crippen LogP contribution in [0.3, 0.4) is 0 Å². The Bertz CT molecular complexity index is 1300. The Morgan fingerprint density at radius 1 is 1.19 bits per heavy atom. The van der Waals surface area contributed by atoms with E-state index in [0.717, 1.165) is 12.1 Å². The van der Waals surface area contributed by atoms with Gasteiger partial charge in [-0.25, -0.2) is 4.98 Å². The molecular formula is C21H21N5O4S. The molecule has 0 bridgehead atoms. The molecule has 0 radical (unpaired) electrons. The molecule has 0 unspecified atom stereocenters. The van der Waals surface area contributed by atoms with Crippen molar-refractivity contribution in [2.24, 2.45) is 0 Å². The zero-order chi connectivity index (χ0) is 21.8. The second kappa shape index (κ2) is 9.11. The first kappa shape index (κ1) is 20.8. The van der Waals surface area contributed by atoms with Crippen molar-refractivity contribution < 1.29 is 14.3 Å². The maximum Gasteiger partial charge on any atom is 0.283 e. The SMILES string of the molecule is COCCCNC(=O)c1ccc2c(=O)n3nc(Nc4ccccc4OC)sc3nc2c1. The van der Waals surface area contributed by atoms with Gasteiger partial charge in [0.25, 0.3) is 11.5 Å². The predicted octanol–water partition coefficient (Wildman–Crippen LogP) is 2.82. The highest BCUT2D eigenvalue weighted by Gasteiger charge is 2.14. The molecule has 0 saturated heterocycles. The van der Waals surface area contributed by atoms with Crippen LogP contribution < -0.4 is 20.9 Å². The van der Waals surface area contributed by atoms with Gasteiger partial charge in [0.15, 0.2) is 0 Å². The van der Waals surface area contributed by atoms with E-state index in [2.05, 4.69) is 20.7 Å². The first-order chi connectivity index (χ1) is 15.1. The molecule has 0 atom stereocenters. The van der Waals surface area contributed by atoms with Crippen LogP contribution >= 0.6 is 11.3 Å². The number of hydrogen-bond acceptors (Lipinski definition) is 8. The second-order valence-corrected chi connectivity index (χ2v) is 7.63. The Morgan fingerprint density at radius 3 is 2.84 bits per heavy atom. The number of anilines is 2. The van der Waals surface area contributed by atoms with E-state index in [-0.39, 0.29) is 11.5 Å². The van der Waals surface area contributed by atoms with Crippen LogP contribution in [0.15, 0.2) is 47.3 Å². The Hall–Kier alpha value is -3.50. The molecule has 0 aliphatic heterocycles. The summed E-state index contributed by atoms with van der Waals surface area (Å²) in [6.45, 7) is 1.08. The largest absolute Gasteiger partial charge is 0.495 e. The lowest BCUT2D eigenvalue weighted by atomic mass is 10.1. The molecule has 0 spiro atoms.